The molecule has 7 nitrogen and oxygen atoms in total. The summed E-state index contributed by atoms with van der Waals surface area (Å²) < 4.78 is 7.52. The van der Waals surface area contributed by atoms with Crippen molar-refractivity contribution in [2.45, 2.75) is 13.0 Å². The smallest absolute Gasteiger partial charge is 0.130 e. The van der Waals surface area contributed by atoms with Crippen LogP contribution in [-0.2, 0) is 17.7 Å². The van der Waals surface area contributed by atoms with Gasteiger partial charge >= 0.3 is 0 Å². The summed E-state index contributed by atoms with van der Waals surface area (Å²) in [5, 5.41) is 12.0. The summed E-state index contributed by atoms with van der Waals surface area (Å²) in [6.07, 6.45) is 2.72. The minimum absolute atomic E-state index is 0.769. The number of rotatable bonds is 9. The zero-order chi connectivity index (χ0) is 26.3. The zero-order valence-corrected chi connectivity index (χ0v) is 21.8. The standard InChI is InChI=1S/C32H32N6O/c1-3-7-25(8-4-1)16-18-38-32(35-27-9-5-2-6-10-27)24-30(36-38)26-15-17-33-31(23-26)34-28-11-13-29(14-12-28)37-19-21-39-22-20-37/h1-15,17,23-24,35H,16,18-22H2,(H,33,34). The topological polar surface area (TPSA) is 67.2 Å². The fraction of sp³-hybridized carbons (Fsp3) is 0.188. The zero-order valence-electron chi connectivity index (χ0n) is 21.8. The van der Waals surface area contributed by atoms with Crippen LogP contribution in [0, 0.1) is 0 Å². The van der Waals surface area contributed by atoms with E-state index in [-0.39, 0.29) is 0 Å². The number of hydrogen-bond donors (Lipinski definition) is 2. The average molecular weight is 517 g/mol. The highest BCUT2D eigenvalue weighted by Gasteiger charge is 2.13. The first-order chi connectivity index (χ1) is 19.3. The van der Waals surface area contributed by atoms with Gasteiger partial charge in [-0.1, -0.05) is 48.5 Å². The Morgan fingerprint density at radius 3 is 2.23 bits per heavy atom. The van der Waals surface area contributed by atoms with E-state index in [0.29, 0.717) is 0 Å². The molecule has 2 aromatic heterocycles. The second kappa shape index (κ2) is 11.8. The molecule has 3 heterocycles. The molecule has 6 rings (SSSR count). The number of hydrogen-bond acceptors (Lipinski definition) is 6. The van der Waals surface area contributed by atoms with Gasteiger partial charge in [-0.3, -0.25) is 0 Å². The monoisotopic (exact) mass is 516 g/mol. The lowest BCUT2D eigenvalue weighted by Crippen LogP contribution is -2.36. The maximum atomic E-state index is 5.47. The van der Waals surface area contributed by atoms with Crippen LogP contribution in [0.3, 0.4) is 0 Å². The molecule has 0 aliphatic carbocycles. The predicted octanol–water partition coefficient (Wildman–Crippen LogP) is 6.51. The van der Waals surface area contributed by atoms with Gasteiger partial charge in [-0.25, -0.2) is 9.67 Å². The van der Waals surface area contributed by atoms with Gasteiger partial charge in [0.25, 0.3) is 0 Å². The van der Waals surface area contributed by atoms with Gasteiger partial charge in [0.05, 0.1) is 18.9 Å². The Labute approximate surface area is 229 Å². The van der Waals surface area contributed by atoms with Gasteiger partial charge in [-0.15, -0.1) is 0 Å². The van der Waals surface area contributed by atoms with Crippen molar-refractivity contribution < 1.29 is 4.74 Å². The molecule has 2 N–H and O–H groups in total. The van der Waals surface area contributed by atoms with E-state index in [1.165, 1.54) is 11.3 Å². The molecule has 1 aliphatic heterocycles. The third-order valence-corrected chi connectivity index (χ3v) is 6.85. The van der Waals surface area contributed by atoms with Gasteiger partial charge in [-0.05, 0) is 60.5 Å². The quantitative estimate of drug-likeness (QED) is 0.233. The van der Waals surface area contributed by atoms with Crippen LogP contribution < -0.4 is 15.5 Å². The lowest BCUT2D eigenvalue weighted by atomic mass is 10.1. The van der Waals surface area contributed by atoms with Gasteiger partial charge in [0.1, 0.15) is 11.6 Å². The van der Waals surface area contributed by atoms with Crippen LogP contribution in [0.15, 0.2) is 109 Å². The number of aryl methyl sites for hydroxylation is 2. The lowest BCUT2D eigenvalue weighted by molar-refractivity contribution is 0.122. The van der Waals surface area contributed by atoms with Crippen molar-refractivity contribution in [1.29, 1.82) is 0 Å². The Balaban J connectivity index is 1.21. The molecule has 39 heavy (non-hydrogen) atoms. The highest BCUT2D eigenvalue weighted by atomic mass is 16.5. The van der Waals surface area contributed by atoms with E-state index in [1.54, 1.807) is 0 Å². The minimum Gasteiger partial charge on any atom is -0.378 e. The molecule has 0 radical (unpaired) electrons. The van der Waals surface area contributed by atoms with E-state index in [1.807, 2.05) is 47.3 Å². The number of anilines is 5. The number of pyridine rings is 1. The van der Waals surface area contributed by atoms with E-state index < -0.39 is 0 Å². The van der Waals surface area contributed by atoms with Crippen molar-refractivity contribution in [2.24, 2.45) is 0 Å². The highest BCUT2D eigenvalue weighted by molar-refractivity contribution is 5.70. The molecule has 1 fully saturated rings. The summed E-state index contributed by atoms with van der Waals surface area (Å²) in [7, 11) is 0. The number of nitrogens with one attached hydrogen (secondary N) is 2. The molecule has 0 amide bonds. The molecular weight excluding hydrogens is 484 g/mol. The van der Waals surface area contributed by atoms with Crippen molar-refractivity contribution in [1.82, 2.24) is 14.8 Å². The number of morpholine rings is 1. The fourth-order valence-electron chi connectivity index (χ4n) is 4.76. The molecule has 5 aromatic rings. The largest absolute Gasteiger partial charge is 0.378 e. The van der Waals surface area contributed by atoms with E-state index in [2.05, 4.69) is 87.2 Å². The Bertz CT molecular complexity index is 1480. The van der Waals surface area contributed by atoms with Crippen LogP contribution in [0.4, 0.5) is 28.7 Å². The Morgan fingerprint density at radius 1 is 0.744 bits per heavy atom. The van der Waals surface area contributed by atoms with Crippen molar-refractivity contribution in [3.8, 4) is 11.3 Å². The van der Waals surface area contributed by atoms with Gasteiger partial charge < -0.3 is 20.3 Å². The fourth-order valence-corrected chi connectivity index (χ4v) is 4.76. The summed E-state index contributed by atoms with van der Waals surface area (Å²) in [6, 6.07) is 35.4. The highest BCUT2D eigenvalue weighted by Crippen LogP contribution is 2.28. The third-order valence-electron chi connectivity index (χ3n) is 6.85. The first-order valence-corrected chi connectivity index (χ1v) is 13.4. The Hall–Kier alpha value is -4.62. The van der Waals surface area contributed by atoms with Crippen molar-refractivity contribution >= 4 is 28.7 Å². The van der Waals surface area contributed by atoms with Crippen LogP contribution in [0.2, 0.25) is 0 Å². The molecule has 0 spiro atoms. The number of benzene rings is 3. The summed E-state index contributed by atoms with van der Waals surface area (Å²) in [6.45, 7) is 4.18. The van der Waals surface area contributed by atoms with Crippen molar-refractivity contribution in [3.05, 3.63) is 115 Å². The number of aromatic nitrogens is 3. The molecule has 0 unspecified atom stereocenters. The second-order valence-electron chi connectivity index (χ2n) is 9.57. The SMILES string of the molecule is c1ccc(CCn2nc(-c3ccnc(Nc4ccc(N5CCOCC5)cc4)c3)cc2Nc2ccccc2)cc1. The second-order valence-corrected chi connectivity index (χ2v) is 9.57. The lowest BCUT2D eigenvalue weighted by Gasteiger charge is -2.28. The van der Waals surface area contributed by atoms with Crippen LogP contribution >= 0.6 is 0 Å². The molecule has 7 heteroatoms. The van der Waals surface area contributed by atoms with Crippen LogP contribution in [0.5, 0.6) is 0 Å². The van der Waals surface area contributed by atoms with E-state index in [0.717, 1.165) is 73.5 Å². The molecule has 3 aromatic carbocycles. The molecule has 0 atom stereocenters. The summed E-state index contributed by atoms with van der Waals surface area (Å²) >= 11 is 0. The van der Waals surface area contributed by atoms with Crippen molar-refractivity contribution in [2.75, 3.05) is 41.8 Å². The van der Waals surface area contributed by atoms with Crippen LogP contribution in [0.25, 0.3) is 11.3 Å². The molecule has 1 saturated heterocycles. The third kappa shape index (κ3) is 6.27. The minimum atomic E-state index is 0.769. The maximum Gasteiger partial charge on any atom is 0.130 e. The van der Waals surface area contributed by atoms with Crippen LogP contribution in [-0.4, -0.2) is 41.1 Å². The average Bonchev–Trinajstić information content (AvgIpc) is 3.40. The first-order valence-electron chi connectivity index (χ1n) is 13.4. The van der Waals surface area contributed by atoms with Gasteiger partial charge in [-0.2, -0.15) is 5.10 Å². The number of para-hydroxylation sites is 1. The van der Waals surface area contributed by atoms with Gasteiger partial charge in [0.2, 0.25) is 0 Å². The summed E-state index contributed by atoms with van der Waals surface area (Å²) in [5.74, 6) is 1.74. The number of ether oxygens (including phenoxy) is 1. The van der Waals surface area contributed by atoms with E-state index in [4.69, 9.17) is 9.84 Å². The Morgan fingerprint density at radius 2 is 1.46 bits per heavy atom. The van der Waals surface area contributed by atoms with E-state index >= 15 is 0 Å². The summed E-state index contributed by atoms with van der Waals surface area (Å²) in [4.78, 5) is 6.91. The summed E-state index contributed by atoms with van der Waals surface area (Å²) in [5.41, 5.74) is 6.43. The molecule has 0 saturated carbocycles. The normalized spacial score (nSPS) is 13.3. The molecule has 1 aliphatic rings. The first kappa shape index (κ1) is 24.7. The molecule has 196 valence electrons. The molecule has 0 bridgehead atoms. The van der Waals surface area contributed by atoms with Gasteiger partial charge in [0.15, 0.2) is 0 Å². The van der Waals surface area contributed by atoms with Crippen molar-refractivity contribution in [3.63, 3.8) is 0 Å². The Kier molecular flexibility index (Phi) is 7.50. The number of nitrogens with zero attached hydrogens (tertiary/aromatic N) is 4. The van der Waals surface area contributed by atoms with Crippen LogP contribution in [0.1, 0.15) is 5.56 Å². The molecular formula is C32H32N6O. The van der Waals surface area contributed by atoms with Gasteiger partial charge in [0, 0.05) is 54.5 Å². The maximum absolute atomic E-state index is 5.47. The van der Waals surface area contributed by atoms with E-state index in [9.17, 15) is 0 Å². The predicted molar refractivity (Wildman–Crippen MR) is 158 cm³/mol.